The minimum Gasteiger partial charge on any atom is -0.454 e. The predicted octanol–water partition coefficient (Wildman–Crippen LogP) is 1.61. The van der Waals surface area contributed by atoms with Crippen molar-refractivity contribution in [3.63, 3.8) is 0 Å². The Hall–Kier alpha value is -2.37. The number of benzene rings is 1. The van der Waals surface area contributed by atoms with Gasteiger partial charge in [-0.25, -0.2) is 0 Å². The van der Waals surface area contributed by atoms with Gasteiger partial charge >= 0.3 is 0 Å². The SMILES string of the molecule is CC1(C)C2CCC1(C(=O)NCc1ccc3c(c1)OCO3)C(=O)C2=O. The van der Waals surface area contributed by atoms with Crippen LogP contribution in [-0.4, -0.2) is 24.3 Å². The van der Waals surface area contributed by atoms with E-state index >= 15 is 0 Å². The molecule has 2 bridgehead atoms. The van der Waals surface area contributed by atoms with E-state index in [1.54, 1.807) is 6.07 Å². The smallest absolute Gasteiger partial charge is 0.235 e. The molecule has 2 fully saturated rings. The summed E-state index contributed by atoms with van der Waals surface area (Å²) < 4.78 is 10.6. The maximum atomic E-state index is 12.9. The third-order valence-electron chi connectivity index (χ3n) is 5.98. The highest BCUT2D eigenvalue weighted by molar-refractivity contribution is 6.47. The molecule has 0 saturated heterocycles. The van der Waals surface area contributed by atoms with Crippen molar-refractivity contribution in [3.8, 4) is 11.5 Å². The quantitative estimate of drug-likeness (QED) is 0.673. The molecular weight excluding hydrogens is 310 g/mol. The molecule has 1 amide bonds. The van der Waals surface area contributed by atoms with Crippen molar-refractivity contribution in [2.45, 2.75) is 33.2 Å². The average Bonchev–Trinajstić information content (AvgIpc) is 3.15. The second kappa shape index (κ2) is 4.82. The Bertz CT molecular complexity index is 769. The van der Waals surface area contributed by atoms with Gasteiger partial charge in [-0.15, -0.1) is 0 Å². The Balaban J connectivity index is 1.54. The van der Waals surface area contributed by atoms with Gasteiger partial charge in [0.15, 0.2) is 11.5 Å². The molecule has 2 aliphatic carbocycles. The van der Waals surface area contributed by atoms with Gasteiger partial charge in [0.25, 0.3) is 0 Å². The molecule has 2 unspecified atom stereocenters. The van der Waals surface area contributed by atoms with E-state index in [0.29, 0.717) is 24.3 Å². The Morgan fingerprint density at radius 2 is 2.00 bits per heavy atom. The number of carbonyl (C=O) groups excluding carboxylic acids is 3. The normalized spacial score (nSPS) is 29.2. The maximum absolute atomic E-state index is 12.9. The number of hydrogen-bond acceptors (Lipinski definition) is 5. The van der Waals surface area contributed by atoms with E-state index in [-0.39, 0.29) is 30.9 Å². The Morgan fingerprint density at radius 1 is 1.25 bits per heavy atom. The third kappa shape index (κ3) is 1.74. The van der Waals surface area contributed by atoms with Crippen LogP contribution in [0.4, 0.5) is 0 Å². The van der Waals surface area contributed by atoms with Crippen LogP contribution in [0.25, 0.3) is 0 Å². The number of hydrogen-bond donors (Lipinski definition) is 1. The number of nitrogens with one attached hydrogen (secondary N) is 1. The zero-order chi connectivity index (χ0) is 17.1. The minimum absolute atomic E-state index is 0.195. The van der Waals surface area contributed by atoms with Crippen molar-refractivity contribution >= 4 is 17.5 Å². The number of amides is 1. The van der Waals surface area contributed by atoms with Crippen molar-refractivity contribution in [2.75, 3.05) is 6.79 Å². The van der Waals surface area contributed by atoms with E-state index in [0.717, 1.165) is 5.56 Å². The van der Waals surface area contributed by atoms with Gasteiger partial charge in [0.1, 0.15) is 5.41 Å². The molecule has 6 heteroatoms. The largest absolute Gasteiger partial charge is 0.454 e. The van der Waals surface area contributed by atoms with E-state index in [9.17, 15) is 14.4 Å². The molecule has 2 atom stereocenters. The summed E-state index contributed by atoms with van der Waals surface area (Å²) in [4.78, 5) is 37.5. The number of fused-ring (bicyclic) bond motifs is 3. The molecule has 126 valence electrons. The number of carbonyl (C=O) groups is 3. The summed E-state index contributed by atoms with van der Waals surface area (Å²) in [7, 11) is 0. The van der Waals surface area contributed by atoms with Crippen molar-refractivity contribution < 1.29 is 23.9 Å². The number of Topliss-reactive ketones (excluding diaryl/α,β-unsaturated/α-hetero) is 2. The number of ketones is 2. The van der Waals surface area contributed by atoms with Gasteiger partial charge in [-0.05, 0) is 36.0 Å². The lowest BCUT2D eigenvalue weighted by molar-refractivity contribution is -0.149. The molecular formula is C18H19NO5. The highest BCUT2D eigenvalue weighted by Crippen LogP contribution is 2.62. The fourth-order valence-corrected chi connectivity index (χ4v) is 4.47. The van der Waals surface area contributed by atoms with Crippen LogP contribution in [0.5, 0.6) is 11.5 Å². The zero-order valence-corrected chi connectivity index (χ0v) is 13.7. The molecule has 1 N–H and O–H groups in total. The van der Waals surface area contributed by atoms with Crippen LogP contribution in [0.1, 0.15) is 32.3 Å². The maximum Gasteiger partial charge on any atom is 0.235 e. The third-order valence-corrected chi connectivity index (χ3v) is 5.98. The van der Waals surface area contributed by atoms with Crippen LogP contribution >= 0.6 is 0 Å². The van der Waals surface area contributed by atoms with E-state index in [4.69, 9.17) is 9.47 Å². The first-order valence-corrected chi connectivity index (χ1v) is 8.13. The van der Waals surface area contributed by atoms with Gasteiger partial charge in [0, 0.05) is 12.5 Å². The summed E-state index contributed by atoms with van der Waals surface area (Å²) in [5.74, 6) is -0.255. The molecule has 0 radical (unpaired) electrons. The van der Waals surface area contributed by atoms with Gasteiger partial charge in [-0.1, -0.05) is 19.9 Å². The molecule has 2 saturated carbocycles. The van der Waals surface area contributed by atoms with E-state index in [1.807, 2.05) is 26.0 Å². The summed E-state index contributed by atoms with van der Waals surface area (Å²) in [6.07, 6.45) is 1.05. The lowest BCUT2D eigenvalue weighted by Gasteiger charge is -2.33. The first-order valence-electron chi connectivity index (χ1n) is 8.13. The number of rotatable bonds is 3. The lowest BCUT2D eigenvalue weighted by atomic mass is 9.68. The lowest BCUT2D eigenvalue weighted by Crippen LogP contribution is -2.50. The van der Waals surface area contributed by atoms with Gasteiger partial charge in [-0.2, -0.15) is 0 Å². The van der Waals surface area contributed by atoms with Gasteiger partial charge in [0.05, 0.1) is 0 Å². The van der Waals surface area contributed by atoms with E-state index in [1.165, 1.54) is 0 Å². The van der Waals surface area contributed by atoms with Crippen LogP contribution in [0.15, 0.2) is 18.2 Å². The van der Waals surface area contributed by atoms with Crippen LogP contribution in [0.2, 0.25) is 0 Å². The standard InChI is InChI=1S/C18H19NO5/c1-17(2)11-5-6-18(17,15(21)14(11)20)16(22)19-8-10-3-4-12-13(7-10)24-9-23-12/h3-4,7,11H,5-6,8-9H2,1-2H3,(H,19,22). The summed E-state index contributed by atoms with van der Waals surface area (Å²) in [6.45, 7) is 4.18. The zero-order valence-electron chi connectivity index (χ0n) is 13.7. The van der Waals surface area contributed by atoms with Crippen LogP contribution in [0.3, 0.4) is 0 Å². The van der Waals surface area contributed by atoms with Crippen LogP contribution in [0, 0.1) is 16.7 Å². The Morgan fingerprint density at radius 3 is 2.71 bits per heavy atom. The van der Waals surface area contributed by atoms with Crippen LogP contribution < -0.4 is 14.8 Å². The fraction of sp³-hybridized carbons (Fsp3) is 0.500. The molecule has 1 heterocycles. The molecule has 0 spiro atoms. The molecule has 4 rings (SSSR count). The van der Waals surface area contributed by atoms with E-state index in [2.05, 4.69) is 5.32 Å². The topological polar surface area (TPSA) is 81.7 Å². The van der Waals surface area contributed by atoms with Crippen molar-refractivity contribution in [1.29, 1.82) is 0 Å². The molecule has 6 nitrogen and oxygen atoms in total. The molecule has 0 aromatic heterocycles. The molecule has 24 heavy (non-hydrogen) atoms. The summed E-state index contributed by atoms with van der Waals surface area (Å²) >= 11 is 0. The first-order chi connectivity index (χ1) is 11.4. The molecule has 1 aliphatic heterocycles. The van der Waals surface area contributed by atoms with E-state index < -0.39 is 16.6 Å². The molecule has 1 aromatic carbocycles. The fourth-order valence-electron chi connectivity index (χ4n) is 4.47. The summed E-state index contributed by atoms with van der Waals surface area (Å²) in [5.41, 5.74) is -0.987. The van der Waals surface area contributed by atoms with Gasteiger partial charge in [-0.3, -0.25) is 14.4 Å². The van der Waals surface area contributed by atoms with Gasteiger partial charge < -0.3 is 14.8 Å². The molecule has 3 aliphatic rings. The summed E-state index contributed by atoms with van der Waals surface area (Å²) in [6, 6.07) is 5.45. The Kier molecular flexibility index (Phi) is 3.04. The van der Waals surface area contributed by atoms with Crippen molar-refractivity contribution in [3.05, 3.63) is 23.8 Å². The van der Waals surface area contributed by atoms with Gasteiger partial charge in [0.2, 0.25) is 24.3 Å². The predicted molar refractivity (Wildman–Crippen MR) is 83.4 cm³/mol. The number of ether oxygens (including phenoxy) is 2. The Labute approximate surface area is 139 Å². The molecule has 1 aromatic rings. The van der Waals surface area contributed by atoms with Crippen molar-refractivity contribution in [2.24, 2.45) is 16.7 Å². The highest BCUT2D eigenvalue weighted by atomic mass is 16.7. The van der Waals surface area contributed by atoms with Crippen LogP contribution in [-0.2, 0) is 20.9 Å². The highest BCUT2D eigenvalue weighted by Gasteiger charge is 2.72. The average molecular weight is 329 g/mol. The minimum atomic E-state index is -1.22. The monoisotopic (exact) mass is 329 g/mol. The summed E-state index contributed by atoms with van der Waals surface area (Å²) in [5, 5.41) is 2.85. The first kappa shape index (κ1) is 15.2. The second-order valence-electron chi connectivity index (χ2n) is 7.28. The second-order valence-corrected chi connectivity index (χ2v) is 7.28. The van der Waals surface area contributed by atoms with Crippen molar-refractivity contribution in [1.82, 2.24) is 5.32 Å².